The van der Waals surface area contributed by atoms with Crippen molar-refractivity contribution in [1.82, 2.24) is 0 Å². The molecule has 0 fully saturated rings. The predicted octanol–water partition coefficient (Wildman–Crippen LogP) is 2.76. The Bertz CT molecular complexity index is 612. The van der Waals surface area contributed by atoms with Gasteiger partial charge in [0.15, 0.2) is 11.5 Å². The highest BCUT2D eigenvalue weighted by molar-refractivity contribution is 6.08. The molecule has 0 aromatic heterocycles. The van der Waals surface area contributed by atoms with Gasteiger partial charge in [0.05, 0.1) is 20.3 Å². The number of carbonyl (C=O) groups is 1. The molecule has 0 spiro atoms. The van der Waals surface area contributed by atoms with E-state index < -0.39 is 11.6 Å². The van der Waals surface area contributed by atoms with E-state index in [2.05, 4.69) is 12.1 Å². The van der Waals surface area contributed by atoms with E-state index in [1.165, 1.54) is 12.0 Å². The first-order valence-electron chi connectivity index (χ1n) is 7.00. The van der Waals surface area contributed by atoms with Gasteiger partial charge in [0.2, 0.25) is 5.70 Å². The van der Waals surface area contributed by atoms with Crippen molar-refractivity contribution in [3.8, 4) is 11.5 Å². The largest absolute Gasteiger partial charge is 0.508 e. The zero-order valence-electron chi connectivity index (χ0n) is 12.5. The molecule has 2 rings (SSSR count). The third kappa shape index (κ3) is 3.03. The molecule has 0 bridgehead atoms. The number of nitrogens with zero attached hydrogens (tertiary/aromatic N) is 2. The fraction of sp³-hybridized carbons (Fsp3) is 0.400. The number of benzene rings is 1. The molecule has 1 aromatic carbocycles. The van der Waals surface area contributed by atoms with Gasteiger partial charge in [-0.15, -0.1) is 4.91 Å². The summed E-state index contributed by atoms with van der Waals surface area (Å²) in [5.74, 6) is 0.0992. The summed E-state index contributed by atoms with van der Waals surface area (Å²) in [6.45, 7) is 2.57. The summed E-state index contributed by atoms with van der Waals surface area (Å²) in [6, 6.07) is 4.99. The number of methoxy groups -OCH3 is 1. The smallest absolute Gasteiger partial charge is 0.284 e. The summed E-state index contributed by atoms with van der Waals surface area (Å²) in [6.07, 6.45) is 1.96. The van der Waals surface area contributed by atoms with Crippen LogP contribution in [0.1, 0.15) is 19.8 Å². The van der Waals surface area contributed by atoms with E-state index in [9.17, 15) is 14.8 Å². The van der Waals surface area contributed by atoms with Crippen molar-refractivity contribution in [1.29, 1.82) is 0 Å². The minimum Gasteiger partial charge on any atom is -0.508 e. The molecule has 0 radical (unpaired) electrons. The predicted molar refractivity (Wildman–Crippen MR) is 81.2 cm³/mol. The fourth-order valence-electron chi connectivity index (χ4n) is 2.12. The maximum absolute atomic E-state index is 12.0. The van der Waals surface area contributed by atoms with Crippen molar-refractivity contribution in [3.63, 3.8) is 0 Å². The first-order chi connectivity index (χ1) is 10.6. The lowest BCUT2D eigenvalue weighted by Gasteiger charge is -2.18. The zero-order chi connectivity index (χ0) is 16.1. The zero-order valence-corrected chi connectivity index (χ0v) is 12.5. The number of amides is 1. The van der Waals surface area contributed by atoms with Gasteiger partial charge >= 0.3 is 0 Å². The Morgan fingerprint density at radius 1 is 1.36 bits per heavy atom. The van der Waals surface area contributed by atoms with Gasteiger partial charge in [-0.1, -0.05) is 13.3 Å². The SMILES string of the molecule is CCCCOc1ccc(N2CC(O)=C(N=O)C2=O)cc1OC. The Morgan fingerprint density at radius 2 is 2.14 bits per heavy atom. The third-order valence-corrected chi connectivity index (χ3v) is 3.33. The number of hydrogen-bond acceptors (Lipinski definition) is 6. The lowest BCUT2D eigenvalue weighted by molar-refractivity contribution is -0.114. The van der Waals surface area contributed by atoms with Gasteiger partial charge in [0.25, 0.3) is 5.91 Å². The van der Waals surface area contributed by atoms with E-state index in [1.807, 2.05) is 0 Å². The van der Waals surface area contributed by atoms with Crippen molar-refractivity contribution in [2.45, 2.75) is 19.8 Å². The van der Waals surface area contributed by atoms with E-state index >= 15 is 0 Å². The molecule has 1 aliphatic heterocycles. The number of aliphatic hydroxyl groups excluding tert-OH is 1. The van der Waals surface area contributed by atoms with Crippen LogP contribution in [0.15, 0.2) is 34.8 Å². The first-order valence-corrected chi connectivity index (χ1v) is 7.00. The Kier molecular flexibility index (Phi) is 4.98. The molecule has 1 aliphatic rings. The Labute approximate surface area is 128 Å². The van der Waals surface area contributed by atoms with Crippen LogP contribution in [0.5, 0.6) is 11.5 Å². The van der Waals surface area contributed by atoms with E-state index in [4.69, 9.17) is 9.47 Å². The van der Waals surface area contributed by atoms with Crippen LogP contribution < -0.4 is 14.4 Å². The van der Waals surface area contributed by atoms with Gasteiger partial charge < -0.3 is 14.6 Å². The van der Waals surface area contributed by atoms with Crippen LogP contribution in [0.4, 0.5) is 5.69 Å². The van der Waals surface area contributed by atoms with Gasteiger partial charge in [0, 0.05) is 11.8 Å². The molecule has 1 heterocycles. The van der Waals surface area contributed by atoms with Gasteiger partial charge in [-0.05, 0) is 23.7 Å². The molecule has 1 amide bonds. The van der Waals surface area contributed by atoms with Gasteiger partial charge in [-0.25, -0.2) is 0 Å². The highest BCUT2D eigenvalue weighted by atomic mass is 16.5. The van der Waals surface area contributed by atoms with E-state index in [-0.39, 0.29) is 12.3 Å². The molecule has 0 aliphatic carbocycles. The molecule has 1 N–H and O–H groups in total. The summed E-state index contributed by atoms with van der Waals surface area (Å²) < 4.78 is 10.9. The number of hydrogen-bond donors (Lipinski definition) is 1. The van der Waals surface area contributed by atoms with Gasteiger partial charge in [-0.3, -0.25) is 9.69 Å². The van der Waals surface area contributed by atoms with Crippen molar-refractivity contribution in [3.05, 3.63) is 34.6 Å². The third-order valence-electron chi connectivity index (χ3n) is 3.33. The summed E-state index contributed by atoms with van der Waals surface area (Å²) in [5.41, 5.74) is 0.0390. The summed E-state index contributed by atoms with van der Waals surface area (Å²) in [4.78, 5) is 23.8. The number of rotatable bonds is 7. The molecular formula is C15H18N2O5. The average molecular weight is 306 g/mol. The van der Waals surface area contributed by atoms with Crippen LogP contribution in [-0.2, 0) is 4.79 Å². The van der Waals surface area contributed by atoms with Crippen LogP contribution in [-0.4, -0.2) is 31.3 Å². The van der Waals surface area contributed by atoms with Crippen LogP contribution in [0.2, 0.25) is 0 Å². The molecule has 1 aromatic rings. The quantitative estimate of drug-likeness (QED) is 0.618. The highest BCUT2D eigenvalue weighted by Gasteiger charge is 2.33. The molecule has 22 heavy (non-hydrogen) atoms. The minimum absolute atomic E-state index is 0.0842. The number of unbranched alkanes of at least 4 members (excludes halogenated alkanes) is 1. The average Bonchev–Trinajstić information content (AvgIpc) is 2.82. The van der Waals surface area contributed by atoms with Gasteiger partial charge in [0.1, 0.15) is 5.76 Å². The highest BCUT2D eigenvalue weighted by Crippen LogP contribution is 2.34. The number of anilines is 1. The topological polar surface area (TPSA) is 88.4 Å². The fourth-order valence-corrected chi connectivity index (χ4v) is 2.12. The van der Waals surface area contributed by atoms with Gasteiger partial charge in [-0.2, -0.15) is 0 Å². The number of nitroso groups, excluding NO2 is 1. The van der Waals surface area contributed by atoms with E-state index in [0.717, 1.165) is 12.8 Å². The minimum atomic E-state index is -0.630. The number of carbonyl (C=O) groups excluding carboxylic acids is 1. The Morgan fingerprint density at radius 3 is 2.73 bits per heavy atom. The summed E-state index contributed by atoms with van der Waals surface area (Å²) in [7, 11) is 1.51. The van der Waals surface area contributed by atoms with Crippen molar-refractivity contribution >= 4 is 11.6 Å². The number of aliphatic hydroxyl groups is 1. The molecule has 0 saturated carbocycles. The molecule has 7 nitrogen and oxygen atoms in total. The van der Waals surface area contributed by atoms with Crippen LogP contribution >= 0.6 is 0 Å². The second kappa shape index (κ2) is 6.93. The van der Waals surface area contributed by atoms with Crippen LogP contribution in [0, 0.1) is 4.91 Å². The molecule has 118 valence electrons. The molecule has 0 saturated heterocycles. The molecule has 7 heteroatoms. The maximum Gasteiger partial charge on any atom is 0.284 e. The first kappa shape index (κ1) is 15.8. The second-order valence-corrected chi connectivity index (χ2v) is 4.82. The Hall–Kier alpha value is -2.57. The van der Waals surface area contributed by atoms with Crippen molar-refractivity contribution in [2.75, 3.05) is 25.2 Å². The van der Waals surface area contributed by atoms with Crippen LogP contribution in [0.3, 0.4) is 0 Å². The lowest BCUT2D eigenvalue weighted by atomic mass is 10.2. The lowest BCUT2D eigenvalue weighted by Crippen LogP contribution is -2.26. The normalized spacial score (nSPS) is 14.5. The van der Waals surface area contributed by atoms with Crippen molar-refractivity contribution in [2.24, 2.45) is 5.18 Å². The maximum atomic E-state index is 12.0. The van der Waals surface area contributed by atoms with Crippen molar-refractivity contribution < 1.29 is 19.4 Å². The standard InChI is InChI=1S/C15H18N2O5/c1-3-4-7-22-12-6-5-10(8-13(12)21-2)17-9-11(18)14(16-20)15(17)19/h5-6,8,18H,3-4,7,9H2,1-2H3. The number of ether oxygens (including phenoxy) is 2. The molecule has 0 atom stereocenters. The monoisotopic (exact) mass is 306 g/mol. The van der Waals surface area contributed by atoms with E-state index in [0.29, 0.717) is 23.8 Å². The Balaban J connectivity index is 2.20. The van der Waals surface area contributed by atoms with Crippen LogP contribution in [0.25, 0.3) is 0 Å². The van der Waals surface area contributed by atoms with E-state index in [1.54, 1.807) is 18.2 Å². The molecule has 0 unspecified atom stereocenters. The second-order valence-electron chi connectivity index (χ2n) is 4.82. The summed E-state index contributed by atoms with van der Waals surface area (Å²) >= 11 is 0. The summed E-state index contributed by atoms with van der Waals surface area (Å²) in [5, 5.41) is 12.2. The molecular weight excluding hydrogens is 288 g/mol.